The molecular formula is C52H64Cl2SiZr-2. The second-order valence-corrected chi connectivity index (χ2v) is 25.5. The van der Waals surface area contributed by atoms with Crippen LogP contribution in [0.2, 0.25) is 12.6 Å². The molecular weight excluding hydrogens is 815 g/mol. The Bertz CT molecular complexity index is 1930. The Morgan fingerprint density at radius 1 is 0.589 bits per heavy atom. The fraction of sp³-hybridized carbons (Fsp3) is 0.423. The van der Waals surface area contributed by atoms with E-state index < -0.39 is 0 Å². The largest absolute Gasteiger partial charge is 1.00 e. The average molecular weight is 879 g/mol. The van der Waals surface area contributed by atoms with Gasteiger partial charge in [-0.05, 0) is 58.8 Å². The van der Waals surface area contributed by atoms with Crippen LogP contribution in [0, 0.1) is 11.8 Å². The first-order valence-electron chi connectivity index (χ1n) is 21.3. The Morgan fingerprint density at radius 2 is 0.964 bits per heavy atom. The summed E-state index contributed by atoms with van der Waals surface area (Å²) in [5.41, 5.74) is 11.5. The summed E-state index contributed by atoms with van der Waals surface area (Å²) >= 11 is 1.79. The zero-order valence-electron chi connectivity index (χ0n) is 34.9. The maximum Gasteiger partial charge on any atom is -1.00 e. The molecule has 0 amide bonds. The van der Waals surface area contributed by atoms with Crippen LogP contribution in [0.4, 0.5) is 0 Å². The van der Waals surface area contributed by atoms with Gasteiger partial charge in [-0.25, -0.2) is 0 Å². The molecule has 2 aliphatic carbocycles. The van der Waals surface area contributed by atoms with Gasteiger partial charge < -0.3 is 24.8 Å². The molecule has 0 unspecified atom stereocenters. The van der Waals surface area contributed by atoms with Crippen LogP contribution in [0.1, 0.15) is 126 Å². The van der Waals surface area contributed by atoms with Gasteiger partial charge in [0.05, 0.1) is 0 Å². The molecule has 0 nitrogen and oxygen atoms in total. The zero-order valence-corrected chi connectivity index (χ0v) is 39.9. The van der Waals surface area contributed by atoms with E-state index in [4.69, 9.17) is 0 Å². The van der Waals surface area contributed by atoms with Crippen molar-refractivity contribution in [3.05, 3.63) is 131 Å². The fourth-order valence-corrected chi connectivity index (χ4v) is 11.5. The SMILES string of the molecule is CC(C)c1ccc(-c2cccc3[cH-]c(CC4CCCC4)cc23)cc1.CC(C)c1ccc(-c2cccc3[cH-]c(CC4CCCC4)cc23)cc1.CCC[Si](C)=[Zr+2].[Cl-].[Cl-]. The van der Waals surface area contributed by atoms with Gasteiger partial charge in [0.1, 0.15) is 0 Å². The smallest absolute Gasteiger partial charge is 1.00 e. The van der Waals surface area contributed by atoms with Crippen molar-refractivity contribution in [2.24, 2.45) is 11.8 Å². The molecule has 296 valence electrons. The zero-order chi connectivity index (χ0) is 38.0. The van der Waals surface area contributed by atoms with Crippen LogP contribution < -0.4 is 24.8 Å². The molecule has 0 radical (unpaired) electrons. The Kier molecular flexibility index (Phi) is 18.9. The van der Waals surface area contributed by atoms with Gasteiger partial charge in [0.2, 0.25) is 0 Å². The summed E-state index contributed by atoms with van der Waals surface area (Å²) in [5, 5.41) is 5.63. The minimum Gasteiger partial charge on any atom is -1.00 e. The Labute approximate surface area is 367 Å². The van der Waals surface area contributed by atoms with Crippen LogP contribution in [0.25, 0.3) is 43.8 Å². The minimum absolute atomic E-state index is 0. The van der Waals surface area contributed by atoms with E-state index >= 15 is 0 Å². The first kappa shape index (κ1) is 46.5. The molecule has 8 rings (SSSR count). The third-order valence-corrected chi connectivity index (χ3v) is 15.1. The summed E-state index contributed by atoms with van der Waals surface area (Å²) in [4.78, 5) is 0. The van der Waals surface area contributed by atoms with Crippen molar-refractivity contribution in [1.82, 2.24) is 0 Å². The predicted octanol–water partition coefficient (Wildman–Crippen LogP) is 9.74. The van der Waals surface area contributed by atoms with Crippen LogP contribution in [0.15, 0.2) is 109 Å². The molecule has 4 heteroatoms. The summed E-state index contributed by atoms with van der Waals surface area (Å²) in [6.07, 6.45) is 15.3. The maximum absolute atomic E-state index is 2.44. The standard InChI is InChI=1S/2C24H27.C4H10Si.2ClH.Zr/c2*1-17(2)20-10-12-21(13-11-20)23-9-5-8-22-15-19(16-24(22)23)14-18-6-3-4-7-18;1-3-4-5-2;;;/h2*5,8-13,15-18H,3-4,6-7,14H2,1-2H3;3-4H2,1-2H3;2*1H;/q2*-1;;;;+2/p-2. The van der Waals surface area contributed by atoms with Crippen molar-refractivity contribution in [2.45, 2.75) is 130 Å². The molecule has 0 atom stereocenters. The molecule has 2 saturated carbocycles. The molecule has 6 aromatic carbocycles. The molecule has 0 spiro atoms. The average Bonchev–Trinajstić information content (AvgIpc) is 4.00. The molecule has 6 aromatic rings. The fourth-order valence-electron chi connectivity index (χ4n) is 8.90. The van der Waals surface area contributed by atoms with Crippen LogP contribution in [0.3, 0.4) is 0 Å². The van der Waals surface area contributed by atoms with Gasteiger partial charge in [-0.15, -0.1) is 69.1 Å². The van der Waals surface area contributed by atoms with Gasteiger partial charge in [-0.1, -0.05) is 151 Å². The van der Waals surface area contributed by atoms with Crippen LogP contribution in [-0.2, 0) is 36.2 Å². The number of benzene rings is 4. The van der Waals surface area contributed by atoms with E-state index in [1.54, 1.807) is 23.3 Å². The third kappa shape index (κ3) is 12.6. The molecule has 56 heavy (non-hydrogen) atoms. The van der Waals surface area contributed by atoms with E-state index in [1.165, 1.54) is 143 Å². The Balaban J connectivity index is 0.000000211. The maximum atomic E-state index is 2.44. The van der Waals surface area contributed by atoms with Crippen LogP contribution in [-0.4, -0.2) is 5.43 Å². The van der Waals surface area contributed by atoms with Gasteiger partial charge >= 0.3 is 54.7 Å². The van der Waals surface area contributed by atoms with E-state index in [0.717, 1.165) is 11.8 Å². The molecule has 0 aliphatic heterocycles. The molecule has 0 bridgehead atoms. The van der Waals surface area contributed by atoms with E-state index in [9.17, 15) is 0 Å². The molecule has 0 aromatic heterocycles. The molecule has 0 heterocycles. The number of hydrogen-bond acceptors (Lipinski definition) is 0. The summed E-state index contributed by atoms with van der Waals surface area (Å²) < 4.78 is 0. The summed E-state index contributed by atoms with van der Waals surface area (Å²) in [7, 11) is 0. The van der Waals surface area contributed by atoms with Crippen molar-refractivity contribution in [3.8, 4) is 22.3 Å². The quantitative estimate of drug-likeness (QED) is 0.0951. The topological polar surface area (TPSA) is 0 Å². The van der Waals surface area contributed by atoms with Gasteiger partial charge in [-0.3, -0.25) is 0 Å². The Morgan fingerprint density at radius 3 is 1.27 bits per heavy atom. The van der Waals surface area contributed by atoms with Crippen molar-refractivity contribution in [3.63, 3.8) is 0 Å². The van der Waals surface area contributed by atoms with E-state index in [-0.39, 0.29) is 30.2 Å². The summed E-state index contributed by atoms with van der Waals surface area (Å²) in [6, 6.07) is 43.0. The number of halogens is 2. The first-order valence-corrected chi connectivity index (χ1v) is 27.2. The number of rotatable bonds is 10. The van der Waals surface area contributed by atoms with Crippen molar-refractivity contribution in [1.29, 1.82) is 0 Å². The van der Waals surface area contributed by atoms with Crippen LogP contribution in [0.5, 0.6) is 0 Å². The van der Waals surface area contributed by atoms with Gasteiger partial charge in [0.15, 0.2) is 0 Å². The monoisotopic (exact) mass is 876 g/mol. The predicted molar refractivity (Wildman–Crippen MR) is 236 cm³/mol. The third-order valence-electron chi connectivity index (χ3n) is 12.0. The Hall–Kier alpha value is -2.22. The second kappa shape index (κ2) is 22.8. The summed E-state index contributed by atoms with van der Waals surface area (Å²) in [6.45, 7) is 13.7. The van der Waals surface area contributed by atoms with Crippen molar-refractivity contribution in [2.75, 3.05) is 0 Å². The van der Waals surface area contributed by atoms with Gasteiger partial charge in [0, 0.05) is 0 Å². The molecule has 0 saturated heterocycles. The minimum atomic E-state index is 0. The first-order chi connectivity index (χ1) is 26.2. The van der Waals surface area contributed by atoms with E-state index in [0.29, 0.717) is 11.8 Å². The van der Waals surface area contributed by atoms with Crippen molar-refractivity contribution >= 4 is 27.0 Å². The van der Waals surface area contributed by atoms with Gasteiger partial charge in [0.25, 0.3) is 0 Å². The van der Waals surface area contributed by atoms with Gasteiger partial charge in [-0.2, -0.15) is 12.1 Å². The normalized spacial score (nSPS) is 14.3. The molecule has 0 N–H and O–H groups in total. The summed E-state index contributed by atoms with van der Waals surface area (Å²) in [5.74, 6) is 3.00. The molecule has 2 aliphatic rings. The van der Waals surface area contributed by atoms with Crippen LogP contribution >= 0.6 is 0 Å². The molecule has 2 fully saturated rings. The van der Waals surface area contributed by atoms with Crippen molar-refractivity contribution < 1.29 is 48.1 Å². The van der Waals surface area contributed by atoms with E-state index in [2.05, 4.69) is 150 Å². The number of hydrogen-bond donors (Lipinski definition) is 0. The van der Waals surface area contributed by atoms with E-state index in [1.807, 2.05) is 0 Å². The second-order valence-electron chi connectivity index (χ2n) is 17.1. The number of fused-ring (bicyclic) bond motifs is 2.